The van der Waals surface area contributed by atoms with Crippen molar-refractivity contribution in [3.8, 4) is 0 Å². The highest BCUT2D eigenvalue weighted by molar-refractivity contribution is 5.68. The topological polar surface area (TPSA) is 41.6 Å². The normalized spacial score (nSPS) is 13.2. The van der Waals surface area contributed by atoms with Gasteiger partial charge in [-0.25, -0.2) is 4.79 Å². The maximum Gasteiger partial charge on any atom is 0.408 e. The molecule has 172 valence electrons. The van der Waals surface area contributed by atoms with Crippen LogP contribution in [0.25, 0.3) is 0 Å². The van der Waals surface area contributed by atoms with Crippen molar-refractivity contribution in [2.24, 2.45) is 0 Å². The molecule has 0 unspecified atom stereocenters. The Bertz CT molecular complexity index is 957. The minimum atomic E-state index is -0.581. The first-order chi connectivity index (χ1) is 15.9. The van der Waals surface area contributed by atoms with Gasteiger partial charge in [-0.3, -0.25) is 4.90 Å². The number of nitrogens with one attached hydrogen (secondary N) is 1. The van der Waals surface area contributed by atoms with Crippen LogP contribution in [0.15, 0.2) is 104 Å². The van der Waals surface area contributed by atoms with Crippen molar-refractivity contribution >= 4 is 6.09 Å². The Morgan fingerprint density at radius 2 is 1.33 bits per heavy atom. The van der Waals surface area contributed by atoms with Crippen molar-refractivity contribution in [2.45, 2.75) is 51.5 Å². The van der Waals surface area contributed by atoms with E-state index in [1.807, 2.05) is 93.6 Å². The molecule has 0 spiro atoms. The number of amides is 1. The molecule has 0 saturated heterocycles. The lowest BCUT2D eigenvalue weighted by molar-refractivity contribution is 0.0468. The van der Waals surface area contributed by atoms with Crippen molar-refractivity contribution in [3.05, 3.63) is 120 Å². The molecule has 0 aliphatic rings. The molecule has 3 rings (SSSR count). The third-order valence-corrected chi connectivity index (χ3v) is 5.29. The van der Waals surface area contributed by atoms with Gasteiger partial charge in [0.25, 0.3) is 0 Å². The number of ether oxygens (including phenoxy) is 1. The maximum atomic E-state index is 12.8. The van der Waals surface area contributed by atoms with Gasteiger partial charge >= 0.3 is 6.09 Å². The molecule has 1 N–H and O–H groups in total. The molecule has 0 heterocycles. The van der Waals surface area contributed by atoms with Crippen molar-refractivity contribution in [2.75, 3.05) is 0 Å². The Kier molecular flexibility index (Phi) is 8.45. The predicted octanol–water partition coefficient (Wildman–Crippen LogP) is 6.51. The third kappa shape index (κ3) is 7.62. The van der Waals surface area contributed by atoms with Gasteiger partial charge in [0.15, 0.2) is 0 Å². The van der Waals surface area contributed by atoms with E-state index in [0.29, 0.717) is 13.1 Å². The lowest BCUT2D eigenvalue weighted by Gasteiger charge is -2.36. The summed E-state index contributed by atoms with van der Waals surface area (Å²) in [7, 11) is 0. The third-order valence-electron chi connectivity index (χ3n) is 5.29. The second kappa shape index (κ2) is 11.5. The van der Waals surface area contributed by atoms with E-state index in [2.05, 4.69) is 41.1 Å². The van der Waals surface area contributed by atoms with Crippen LogP contribution in [0.2, 0.25) is 0 Å². The molecule has 0 aromatic heterocycles. The standard InChI is InChI=1S/C29H34N2O2/c1-5-26(27(25-19-13-8-14-20-25)30-28(32)33-29(2,3)4)31(21-23-15-9-6-10-16-23)22-24-17-11-7-12-18-24/h5-20,26-27H,1,21-22H2,2-4H3,(H,30,32)/t26-,27+/m1/s1. The summed E-state index contributed by atoms with van der Waals surface area (Å²) in [6, 6.07) is 30.2. The summed E-state index contributed by atoms with van der Waals surface area (Å²) in [4.78, 5) is 15.2. The summed E-state index contributed by atoms with van der Waals surface area (Å²) in [6.45, 7) is 11.2. The number of benzene rings is 3. The van der Waals surface area contributed by atoms with Gasteiger partial charge in [0, 0.05) is 13.1 Å². The van der Waals surface area contributed by atoms with Gasteiger partial charge in [-0.2, -0.15) is 0 Å². The second-order valence-corrected chi connectivity index (χ2v) is 9.14. The SMILES string of the molecule is C=C[C@H]([C@@H](NC(=O)OC(C)(C)C)c1ccccc1)N(Cc1ccccc1)Cc1ccccc1. The lowest BCUT2D eigenvalue weighted by Crippen LogP contribution is -2.46. The summed E-state index contributed by atoms with van der Waals surface area (Å²) in [5.74, 6) is 0. The zero-order valence-corrected chi connectivity index (χ0v) is 19.8. The Labute approximate surface area is 197 Å². The van der Waals surface area contributed by atoms with Crippen LogP contribution in [-0.4, -0.2) is 22.6 Å². The zero-order valence-electron chi connectivity index (χ0n) is 19.8. The summed E-state index contributed by atoms with van der Waals surface area (Å²) in [6.07, 6.45) is 1.48. The van der Waals surface area contributed by atoms with E-state index in [9.17, 15) is 4.79 Å². The summed E-state index contributed by atoms with van der Waals surface area (Å²) < 4.78 is 5.60. The van der Waals surface area contributed by atoms with Crippen LogP contribution in [0.4, 0.5) is 4.79 Å². The summed E-state index contributed by atoms with van der Waals surface area (Å²) in [5, 5.41) is 3.12. The molecule has 0 bridgehead atoms. The summed E-state index contributed by atoms with van der Waals surface area (Å²) in [5.41, 5.74) is 2.82. The van der Waals surface area contributed by atoms with Crippen LogP contribution in [0.1, 0.15) is 43.5 Å². The van der Waals surface area contributed by atoms with Crippen LogP contribution >= 0.6 is 0 Å². The van der Waals surface area contributed by atoms with Gasteiger partial charge in [0.2, 0.25) is 0 Å². The van der Waals surface area contributed by atoms with Crippen molar-refractivity contribution in [3.63, 3.8) is 0 Å². The van der Waals surface area contributed by atoms with Crippen LogP contribution in [0.3, 0.4) is 0 Å². The van der Waals surface area contributed by atoms with Crippen LogP contribution in [-0.2, 0) is 17.8 Å². The highest BCUT2D eigenvalue weighted by Gasteiger charge is 2.30. The van der Waals surface area contributed by atoms with Crippen LogP contribution < -0.4 is 5.32 Å². The molecule has 4 nitrogen and oxygen atoms in total. The fraction of sp³-hybridized carbons (Fsp3) is 0.276. The molecule has 0 radical (unpaired) electrons. The number of nitrogens with zero attached hydrogens (tertiary/aromatic N) is 1. The van der Waals surface area contributed by atoms with E-state index >= 15 is 0 Å². The number of carbonyl (C=O) groups excluding carboxylic acids is 1. The number of alkyl carbamates (subject to hydrolysis) is 1. The fourth-order valence-electron chi connectivity index (χ4n) is 3.86. The van der Waals surface area contributed by atoms with E-state index in [4.69, 9.17) is 4.74 Å². The first kappa shape index (κ1) is 24.3. The predicted molar refractivity (Wildman–Crippen MR) is 135 cm³/mol. The molecule has 3 aromatic rings. The van der Waals surface area contributed by atoms with Crippen LogP contribution in [0.5, 0.6) is 0 Å². The van der Waals surface area contributed by atoms with Gasteiger partial charge in [-0.1, -0.05) is 97.1 Å². The summed E-state index contributed by atoms with van der Waals surface area (Å²) >= 11 is 0. The largest absolute Gasteiger partial charge is 0.444 e. The molecule has 3 aromatic carbocycles. The minimum absolute atomic E-state index is 0.166. The molecule has 1 amide bonds. The molecule has 4 heteroatoms. The quantitative estimate of drug-likeness (QED) is 0.384. The van der Waals surface area contributed by atoms with Gasteiger partial charge in [-0.15, -0.1) is 6.58 Å². The number of rotatable bonds is 9. The highest BCUT2D eigenvalue weighted by atomic mass is 16.6. The molecule has 0 aliphatic heterocycles. The molecule has 0 aliphatic carbocycles. The van der Waals surface area contributed by atoms with E-state index in [1.54, 1.807) is 0 Å². The van der Waals surface area contributed by atoms with E-state index < -0.39 is 11.7 Å². The van der Waals surface area contributed by atoms with Crippen molar-refractivity contribution in [1.29, 1.82) is 0 Å². The zero-order chi connectivity index (χ0) is 23.7. The number of hydrogen-bond donors (Lipinski definition) is 1. The Balaban J connectivity index is 1.96. The molecule has 33 heavy (non-hydrogen) atoms. The smallest absolute Gasteiger partial charge is 0.408 e. The average Bonchev–Trinajstić information content (AvgIpc) is 2.79. The monoisotopic (exact) mass is 442 g/mol. The maximum absolute atomic E-state index is 12.8. The van der Waals surface area contributed by atoms with E-state index in [-0.39, 0.29) is 12.1 Å². The molecular weight excluding hydrogens is 408 g/mol. The van der Waals surface area contributed by atoms with Crippen molar-refractivity contribution < 1.29 is 9.53 Å². The highest BCUT2D eigenvalue weighted by Crippen LogP contribution is 2.26. The van der Waals surface area contributed by atoms with Crippen LogP contribution in [0, 0.1) is 0 Å². The lowest BCUT2D eigenvalue weighted by atomic mass is 9.96. The average molecular weight is 443 g/mol. The van der Waals surface area contributed by atoms with Gasteiger partial charge < -0.3 is 10.1 Å². The molecular formula is C29H34N2O2. The first-order valence-corrected chi connectivity index (χ1v) is 11.3. The Morgan fingerprint density at radius 1 is 0.879 bits per heavy atom. The minimum Gasteiger partial charge on any atom is -0.444 e. The molecule has 2 atom stereocenters. The van der Waals surface area contributed by atoms with Crippen molar-refractivity contribution in [1.82, 2.24) is 10.2 Å². The van der Waals surface area contributed by atoms with Gasteiger partial charge in [0.05, 0.1) is 12.1 Å². The molecule has 0 saturated carbocycles. The van der Waals surface area contributed by atoms with E-state index in [0.717, 1.165) is 5.56 Å². The van der Waals surface area contributed by atoms with E-state index in [1.165, 1.54) is 11.1 Å². The Hall–Kier alpha value is -3.37. The Morgan fingerprint density at radius 3 is 1.76 bits per heavy atom. The van der Waals surface area contributed by atoms with Gasteiger partial charge in [-0.05, 0) is 37.5 Å². The number of carbonyl (C=O) groups is 1. The fourth-order valence-corrected chi connectivity index (χ4v) is 3.86. The second-order valence-electron chi connectivity index (χ2n) is 9.14. The molecule has 0 fully saturated rings. The number of hydrogen-bond acceptors (Lipinski definition) is 3. The first-order valence-electron chi connectivity index (χ1n) is 11.3. The van der Waals surface area contributed by atoms with Gasteiger partial charge in [0.1, 0.15) is 5.60 Å².